The molecule has 0 radical (unpaired) electrons. The molecule has 1 unspecified atom stereocenters. The van der Waals surface area contributed by atoms with Crippen molar-refractivity contribution in [2.45, 2.75) is 32.4 Å². The first-order valence-electron chi connectivity index (χ1n) is 9.51. The van der Waals surface area contributed by atoms with Crippen LogP contribution in [-0.4, -0.2) is 40.9 Å². The predicted molar refractivity (Wildman–Crippen MR) is 115 cm³/mol. The summed E-state index contributed by atoms with van der Waals surface area (Å²) in [5.41, 5.74) is 0.966. The van der Waals surface area contributed by atoms with Gasteiger partial charge < -0.3 is 15.0 Å². The Hall–Kier alpha value is -2.12. The third-order valence-electron chi connectivity index (χ3n) is 4.91. The van der Waals surface area contributed by atoms with E-state index >= 15 is 0 Å². The Morgan fingerprint density at radius 2 is 2.10 bits per heavy atom. The van der Waals surface area contributed by atoms with Crippen molar-refractivity contribution in [1.29, 1.82) is 0 Å². The molecule has 3 rings (SSSR count). The fourth-order valence-electron chi connectivity index (χ4n) is 3.27. The second kappa shape index (κ2) is 10.1. The maximum Gasteiger partial charge on any atom is 0.263 e. The minimum atomic E-state index is -0.622. The zero-order valence-corrected chi connectivity index (χ0v) is 18.4. The van der Waals surface area contributed by atoms with Crippen LogP contribution in [0.3, 0.4) is 0 Å². The van der Waals surface area contributed by atoms with Crippen LogP contribution < -0.4 is 10.1 Å². The topological polar surface area (TPSA) is 71.5 Å². The SMILES string of the molecule is CC(Oc1ccc(Cl)cc1Br)C(=O)N1CCC(C(=O)NCc2cccnc2)CC1. The number of halogens is 2. The smallest absolute Gasteiger partial charge is 0.263 e. The standard InChI is InChI=1S/C21H23BrClN3O3/c1-14(29-19-5-4-17(23)11-18(19)22)21(28)26-9-6-16(7-10-26)20(27)25-13-15-3-2-8-24-12-15/h2-5,8,11-12,14,16H,6-7,9-10,13H2,1H3,(H,25,27). The molecule has 0 aliphatic carbocycles. The van der Waals surface area contributed by atoms with Crippen LogP contribution in [0.2, 0.25) is 5.02 Å². The number of benzene rings is 1. The minimum Gasteiger partial charge on any atom is -0.480 e. The molecule has 1 atom stereocenters. The molecule has 2 amide bonds. The van der Waals surface area contributed by atoms with Gasteiger partial charge in [-0.1, -0.05) is 17.7 Å². The quantitative estimate of drug-likeness (QED) is 0.682. The maximum atomic E-state index is 12.7. The van der Waals surface area contributed by atoms with Gasteiger partial charge in [-0.05, 0) is 65.5 Å². The number of hydrogen-bond donors (Lipinski definition) is 1. The lowest BCUT2D eigenvalue weighted by atomic mass is 9.95. The van der Waals surface area contributed by atoms with Crippen LogP contribution >= 0.6 is 27.5 Å². The van der Waals surface area contributed by atoms with Gasteiger partial charge in [0.25, 0.3) is 5.91 Å². The molecule has 0 saturated carbocycles. The number of carbonyl (C=O) groups is 2. The van der Waals surface area contributed by atoms with Crippen molar-refractivity contribution in [3.05, 3.63) is 57.8 Å². The molecule has 6 nitrogen and oxygen atoms in total. The molecule has 29 heavy (non-hydrogen) atoms. The summed E-state index contributed by atoms with van der Waals surface area (Å²) in [6, 6.07) is 8.94. The highest BCUT2D eigenvalue weighted by Gasteiger charge is 2.30. The van der Waals surface area contributed by atoms with E-state index < -0.39 is 6.10 Å². The van der Waals surface area contributed by atoms with Crippen LogP contribution in [0.25, 0.3) is 0 Å². The highest BCUT2D eigenvalue weighted by atomic mass is 79.9. The minimum absolute atomic E-state index is 0.0235. The summed E-state index contributed by atoms with van der Waals surface area (Å²) >= 11 is 9.33. The van der Waals surface area contributed by atoms with E-state index in [1.54, 1.807) is 42.4 Å². The number of pyridine rings is 1. The Bertz CT molecular complexity index is 858. The van der Waals surface area contributed by atoms with E-state index in [-0.39, 0.29) is 17.7 Å². The van der Waals surface area contributed by atoms with E-state index in [1.807, 2.05) is 12.1 Å². The monoisotopic (exact) mass is 479 g/mol. The molecule has 0 spiro atoms. The van der Waals surface area contributed by atoms with Gasteiger partial charge in [0.1, 0.15) is 5.75 Å². The van der Waals surface area contributed by atoms with Crippen molar-refractivity contribution in [2.24, 2.45) is 5.92 Å². The first-order chi connectivity index (χ1) is 13.9. The number of amides is 2. The molecule has 1 fully saturated rings. The van der Waals surface area contributed by atoms with Gasteiger partial charge >= 0.3 is 0 Å². The van der Waals surface area contributed by atoms with Crippen molar-refractivity contribution in [1.82, 2.24) is 15.2 Å². The zero-order valence-electron chi connectivity index (χ0n) is 16.1. The molecule has 1 aromatic carbocycles. The number of rotatable bonds is 6. The normalized spacial score (nSPS) is 15.6. The van der Waals surface area contributed by atoms with Crippen LogP contribution in [-0.2, 0) is 16.1 Å². The third-order valence-corrected chi connectivity index (χ3v) is 5.77. The largest absolute Gasteiger partial charge is 0.480 e. The van der Waals surface area contributed by atoms with E-state index in [0.29, 0.717) is 47.7 Å². The fraction of sp³-hybridized carbons (Fsp3) is 0.381. The molecule has 1 saturated heterocycles. The van der Waals surface area contributed by atoms with Crippen LogP contribution in [0.1, 0.15) is 25.3 Å². The van der Waals surface area contributed by atoms with E-state index in [2.05, 4.69) is 26.2 Å². The lowest BCUT2D eigenvalue weighted by Gasteiger charge is -2.33. The number of aromatic nitrogens is 1. The number of ether oxygens (including phenoxy) is 1. The molecule has 154 valence electrons. The predicted octanol–water partition coefficient (Wildman–Crippen LogP) is 3.82. The number of likely N-dealkylation sites (tertiary alicyclic amines) is 1. The van der Waals surface area contributed by atoms with Crippen molar-refractivity contribution in [3.63, 3.8) is 0 Å². The van der Waals surface area contributed by atoms with Gasteiger partial charge in [0.15, 0.2) is 6.10 Å². The van der Waals surface area contributed by atoms with Crippen molar-refractivity contribution >= 4 is 39.3 Å². The molecule has 2 heterocycles. The van der Waals surface area contributed by atoms with Crippen molar-refractivity contribution < 1.29 is 14.3 Å². The molecular weight excluding hydrogens is 458 g/mol. The lowest BCUT2D eigenvalue weighted by Crippen LogP contribution is -2.47. The average molecular weight is 481 g/mol. The maximum absolute atomic E-state index is 12.7. The summed E-state index contributed by atoms with van der Waals surface area (Å²) in [6.45, 7) is 3.28. The lowest BCUT2D eigenvalue weighted by molar-refractivity contribution is -0.141. The van der Waals surface area contributed by atoms with Crippen LogP contribution in [0.5, 0.6) is 5.75 Å². The Balaban J connectivity index is 1.46. The fourth-order valence-corrected chi connectivity index (χ4v) is 4.04. The summed E-state index contributed by atoms with van der Waals surface area (Å²) in [4.78, 5) is 30.9. The van der Waals surface area contributed by atoms with E-state index in [9.17, 15) is 9.59 Å². The molecule has 1 aromatic heterocycles. The molecule has 1 aliphatic heterocycles. The van der Waals surface area contributed by atoms with Gasteiger partial charge in [-0.3, -0.25) is 14.6 Å². The molecule has 1 aliphatic rings. The summed E-state index contributed by atoms with van der Waals surface area (Å²) in [7, 11) is 0. The first kappa shape index (κ1) is 21.6. The summed E-state index contributed by atoms with van der Waals surface area (Å²) < 4.78 is 6.50. The van der Waals surface area contributed by atoms with Crippen molar-refractivity contribution in [3.8, 4) is 5.75 Å². The molecular formula is C21H23BrClN3O3. The highest BCUT2D eigenvalue weighted by molar-refractivity contribution is 9.10. The molecule has 1 N–H and O–H groups in total. The summed E-state index contributed by atoms with van der Waals surface area (Å²) in [6.07, 6.45) is 4.10. The number of nitrogens with one attached hydrogen (secondary N) is 1. The van der Waals surface area contributed by atoms with Gasteiger partial charge in [-0.15, -0.1) is 0 Å². The van der Waals surface area contributed by atoms with Gasteiger partial charge in [-0.25, -0.2) is 0 Å². The number of carbonyl (C=O) groups excluding carboxylic acids is 2. The number of hydrogen-bond acceptors (Lipinski definition) is 4. The second-order valence-corrected chi connectivity index (χ2v) is 8.30. The van der Waals surface area contributed by atoms with Gasteiger partial charge in [0.2, 0.25) is 5.91 Å². The van der Waals surface area contributed by atoms with Gasteiger partial charge in [-0.2, -0.15) is 0 Å². The Morgan fingerprint density at radius 3 is 2.76 bits per heavy atom. The van der Waals surface area contributed by atoms with Crippen LogP contribution in [0.15, 0.2) is 47.2 Å². The van der Waals surface area contributed by atoms with Crippen molar-refractivity contribution in [2.75, 3.05) is 13.1 Å². The van der Waals surface area contributed by atoms with E-state index in [4.69, 9.17) is 16.3 Å². The average Bonchev–Trinajstić information content (AvgIpc) is 2.74. The number of piperidine rings is 1. The van der Waals surface area contributed by atoms with Gasteiger partial charge in [0, 0.05) is 43.0 Å². The van der Waals surface area contributed by atoms with E-state index in [1.165, 1.54) is 0 Å². The van der Waals surface area contributed by atoms with E-state index in [0.717, 1.165) is 5.56 Å². The first-order valence-corrected chi connectivity index (χ1v) is 10.7. The Morgan fingerprint density at radius 1 is 1.34 bits per heavy atom. The Kier molecular flexibility index (Phi) is 7.50. The second-order valence-electron chi connectivity index (χ2n) is 7.01. The van der Waals surface area contributed by atoms with Gasteiger partial charge in [0.05, 0.1) is 4.47 Å². The Labute approximate surface area is 183 Å². The van der Waals surface area contributed by atoms with Crippen LogP contribution in [0, 0.1) is 5.92 Å². The van der Waals surface area contributed by atoms with Crippen LogP contribution in [0.4, 0.5) is 0 Å². The molecule has 0 bridgehead atoms. The molecule has 2 aromatic rings. The summed E-state index contributed by atoms with van der Waals surface area (Å²) in [5.74, 6) is 0.425. The highest BCUT2D eigenvalue weighted by Crippen LogP contribution is 2.29. The third kappa shape index (κ3) is 5.93. The number of nitrogens with zero attached hydrogens (tertiary/aromatic N) is 2. The summed E-state index contributed by atoms with van der Waals surface area (Å²) in [5, 5.41) is 3.55. The molecule has 8 heteroatoms. The zero-order chi connectivity index (χ0) is 20.8.